The molecular weight excluding hydrogens is 422 g/mol. The Hall–Kier alpha value is -3.13. The first-order valence-corrected chi connectivity index (χ1v) is 11.6. The molecule has 3 aromatic rings. The van der Waals surface area contributed by atoms with E-state index in [2.05, 4.69) is 20.8 Å². The van der Waals surface area contributed by atoms with Crippen LogP contribution < -0.4 is 10.6 Å². The molecule has 8 heteroatoms. The van der Waals surface area contributed by atoms with Crippen LogP contribution in [0, 0.1) is 20.8 Å². The predicted octanol–water partition coefficient (Wildman–Crippen LogP) is 4.45. The van der Waals surface area contributed by atoms with Crippen molar-refractivity contribution in [1.29, 1.82) is 0 Å². The van der Waals surface area contributed by atoms with Gasteiger partial charge in [0.15, 0.2) is 11.0 Å². The number of aromatic nitrogens is 3. The lowest BCUT2D eigenvalue weighted by atomic mass is 10.1. The Morgan fingerprint density at radius 2 is 1.69 bits per heavy atom. The number of benzene rings is 2. The normalized spacial score (nSPS) is 11.8. The monoisotopic (exact) mass is 451 g/mol. The van der Waals surface area contributed by atoms with Crippen LogP contribution in [0.4, 0.5) is 5.69 Å². The molecule has 0 spiro atoms. The molecule has 2 aromatic carbocycles. The summed E-state index contributed by atoms with van der Waals surface area (Å²) in [5, 5.41) is 15.2. The van der Waals surface area contributed by atoms with Gasteiger partial charge in [0.2, 0.25) is 5.91 Å². The molecule has 0 saturated carbocycles. The lowest BCUT2D eigenvalue weighted by Crippen LogP contribution is -2.28. The topological polar surface area (TPSA) is 88.9 Å². The maximum absolute atomic E-state index is 12.6. The van der Waals surface area contributed by atoms with Crippen LogP contribution in [-0.4, -0.2) is 32.3 Å². The van der Waals surface area contributed by atoms with E-state index in [9.17, 15) is 9.59 Å². The second-order valence-electron chi connectivity index (χ2n) is 7.75. The number of carbonyl (C=O) groups is 2. The van der Waals surface area contributed by atoms with Crippen LogP contribution in [0.15, 0.2) is 47.6 Å². The predicted molar refractivity (Wildman–Crippen MR) is 128 cm³/mol. The van der Waals surface area contributed by atoms with Crippen molar-refractivity contribution in [3.63, 3.8) is 0 Å². The van der Waals surface area contributed by atoms with Gasteiger partial charge < -0.3 is 15.2 Å². The fraction of sp³-hybridized carbons (Fsp3) is 0.333. The Bertz CT molecular complexity index is 1090. The summed E-state index contributed by atoms with van der Waals surface area (Å²) in [6.07, 6.45) is 0. The van der Waals surface area contributed by atoms with Gasteiger partial charge in [0.25, 0.3) is 5.91 Å². The van der Waals surface area contributed by atoms with E-state index in [1.165, 1.54) is 11.8 Å². The fourth-order valence-corrected chi connectivity index (χ4v) is 4.20. The van der Waals surface area contributed by atoms with E-state index in [1.807, 2.05) is 69.5 Å². The quantitative estimate of drug-likeness (QED) is 0.494. The maximum atomic E-state index is 12.6. The molecule has 2 amide bonds. The molecule has 2 N–H and O–H groups in total. The van der Waals surface area contributed by atoms with Crippen LogP contribution in [0.1, 0.15) is 52.8 Å². The maximum Gasteiger partial charge on any atom is 0.251 e. The molecule has 0 radical (unpaired) electrons. The van der Waals surface area contributed by atoms with Gasteiger partial charge in [-0.05, 0) is 57.9 Å². The Labute approximate surface area is 193 Å². The Morgan fingerprint density at radius 3 is 2.31 bits per heavy atom. The minimum Gasteiger partial charge on any atom is -0.342 e. The van der Waals surface area contributed by atoms with Gasteiger partial charge in [0.05, 0.1) is 11.8 Å². The van der Waals surface area contributed by atoms with Gasteiger partial charge in [0.1, 0.15) is 0 Å². The summed E-state index contributed by atoms with van der Waals surface area (Å²) >= 11 is 1.33. The van der Waals surface area contributed by atoms with Gasteiger partial charge in [-0.3, -0.25) is 9.59 Å². The summed E-state index contributed by atoms with van der Waals surface area (Å²) in [5.41, 5.74) is 4.61. The second-order valence-corrected chi connectivity index (χ2v) is 8.69. The number of para-hydroxylation sites is 1. The van der Waals surface area contributed by atoms with Gasteiger partial charge in [-0.1, -0.05) is 47.7 Å². The van der Waals surface area contributed by atoms with Crippen molar-refractivity contribution in [2.75, 3.05) is 11.1 Å². The van der Waals surface area contributed by atoms with Gasteiger partial charge in [0, 0.05) is 17.8 Å². The highest BCUT2D eigenvalue weighted by Gasteiger charge is 2.20. The zero-order valence-electron chi connectivity index (χ0n) is 19.1. The van der Waals surface area contributed by atoms with Crippen molar-refractivity contribution in [2.24, 2.45) is 0 Å². The minimum absolute atomic E-state index is 0.0969. The molecule has 0 saturated heterocycles. The Balaban J connectivity index is 1.64. The third-order valence-electron chi connectivity index (χ3n) is 5.19. The smallest absolute Gasteiger partial charge is 0.251 e. The van der Waals surface area contributed by atoms with Crippen LogP contribution in [0.3, 0.4) is 0 Å². The molecule has 0 aliphatic carbocycles. The van der Waals surface area contributed by atoms with E-state index >= 15 is 0 Å². The van der Waals surface area contributed by atoms with E-state index in [0.717, 1.165) is 22.4 Å². The summed E-state index contributed by atoms with van der Waals surface area (Å²) in [7, 11) is 0. The van der Waals surface area contributed by atoms with Crippen molar-refractivity contribution in [3.05, 3.63) is 70.5 Å². The lowest BCUT2D eigenvalue weighted by molar-refractivity contribution is -0.113. The molecule has 1 aromatic heterocycles. The van der Waals surface area contributed by atoms with E-state index in [1.54, 1.807) is 12.1 Å². The molecule has 0 fully saturated rings. The zero-order valence-corrected chi connectivity index (χ0v) is 19.9. The van der Waals surface area contributed by atoms with Crippen LogP contribution in [-0.2, 0) is 11.3 Å². The first-order valence-electron chi connectivity index (χ1n) is 10.6. The van der Waals surface area contributed by atoms with Crippen LogP contribution in [0.5, 0.6) is 0 Å². The molecule has 0 aliphatic heterocycles. The van der Waals surface area contributed by atoms with Crippen LogP contribution >= 0.6 is 11.8 Å². The van der Waals surface area contributed by atoms with Gasteiger partial charge in [-0.25, -0.2) is 0 Å². The number of rotatable bonds is 8. The molecule has 0 bridgehead atoms. The van der Waals surface area contributed by atoms with Crippen molar-refractivity contribution in [1.82, 2.24) is 20.1 Å². The van der Waals surface area contributed by atoms with Crippen molar-refractivity contribution >= 4 is 29.3 Å². The fourth-order valence-electron chi connectivity index (χ4n) is 3.39. The highest BCUT2D eigenvalue weighted by Crippen LogP contribution is 2.23. The van der Waals surface area contributed by atoms with Gasteiger partial charge in [-0.15, -0.1) is 10.2 Å². The molecular formula is C24H29N5O2S. The summed E-state index contributed by atoms with van der Waals surface area (Å²) < 4.78 is 1.93. The van der Waals surface area contributed by atoms with Gasteiger partial charge >= 0.3 is 0 Å². The van der Waals surface area contributed by atoms with Crippen molar-refractivity contribution in [2.45, 2.75) is 52.4 Å². The molecule has 0 aliphatic rings. The number of amides is 2. The number of hydrogen-bond acceptors (Lipinski definition) is 5. The molecule has 3 rings (SSSR count). The van der Waals surface area contributed by atoms with Crippen molar-refractivity contribution in [3.8, 4) is 0 Å². The SMILES string of the molecule is CCn1c(SCC(=O)Nc2c(C)cccc2C)nnc1[C@@H](C)NC(=O)c1ccc(C)cc1. The number of nitrogens with one attached hydrogen (secondary N) is 2. The van der Waals surface area contributed by atoms with Crippen LogP contribution in [0.2, 0.25) is 0 Å². The average molecular weight is 452 g/mol. The number of hydrogen-bond donors (Lipinski definition) is 2. The molecule has 32 heavy (non-hydrogen) atoms. The Morgan fingerprint density at radius 1 is 1.03 bits per heavy atom. The first kappa shape index (κ1) is 23.5. The molecule has 1 heterocycles. The number of carbonyl (C=O) groups excluding carboxylic acids is 2. The summed E-state index contributed by atoms with van der Waals surface area (Å²) in [5.74, 6) is 0.618. The number of aryl methyl sites for hydroxylation is 3. The standard InChI is InChI=1S/C24H29N5O2S/c1-6-29-22(18(5)25-23(31)19-12-10-15(2)11-13-19)27-28-24(29)32-14-20(30)26-21-16(3)8-7-9-17(21)4/h7-13,18H,6,14H2,1-5H3,(H,25,31)(H,26,30)/t18-/m1/s1. The highest BCUT2D eigenvalue weighted by molar-refractivity contribution is 7.99. The van der Waals surface area contributed by atoms with E-state index in [-0.39, 0.29) is 23.6 Å². The number of thioether (sulfide) groups is 1. The molecule has 168 valence electrons. The minimum atomic E-state index is -0.325. The summed E-state index contributed by atoms with van der Waals surface area (Å²) in [6.45, 7) is 10.4. The second kappa shape index (κ2) is 10.5. The van der Waals surface area contributed by atoms with Crippen LogP contribution in [0.25, 0.3) is 0 Å². The molecule has 7 nitrogen and oxygen atoms in total. The van der Waals surface area contributed by atoms with E-state index < -0.39 is 0 Å². The van der Waals surface area contributed by atoms with Crippen molar-refractivity contribution < 1.29 is 9.59 Å². The zero-order chi connectivity index (χ0) is 23.3. The van der Waals surface area contributed by atoms with E-state index in [0.29, 0.717) is 23.1 Å². The summed E-state index contributed by atoms with van der Waals surface area (Å²) in [4.78, 5) is 25.1. The summed E-state index contributed by atoms with van der Waals surface area (Å²) in [6, 6.07) is 13.0. The average Bonchev–Trinajstić information content (AvgIpc) is 3.18. The number of anilines is 1. The number of nitrogens with zero attached hydrogens (tertiary/aromatic N) is 3. The molecule has 0 unspecified atom stereocenters. The third-order valence-corrected chi connectivity index (χ3v) is 6.16. The molecule has 1 atom stereocenters. The third kappa shape index (κ3) is 5.56. The highest BCUT2D eigenvalue weighted by atomic mass is 32.2. The Kier molecular flexibility index (Phi) is 7.69. The lowest BCUT2D eigenvalue weighted by Gasteiger charge is -2.15. The largest absolute Gasteiger partial charge is 0.342 e. The van der Waals surface area contributed by atoms with Gasteiger partial charge in [-0.2, -0.15) is 0 Å². The van der Waals surface area contributed by atoms with E-state index in [4.69, 9.17) is 0 Å². The first-order chi connectivity index (χ1) is 15.3.